The van der Waals surface area contributed by atoms with E-state index in [2.05, 4.69) is 9.55 Å². The number of aromatic nitrogens is 2. The maximum absolute atomic E-state index is 13.0. The highest BCUT2D eigenvalue weighted by molar-refractivity contribution is 5.98. The number of aryl methyl sites for hydroxylation is 2. The molecular weight excluding hydrogens is 302 g/mol. The average Bonchev–Trinajstić information content (AvgIpc) is 3.18. The zero-order valence-electron chi connectivity index (χ0n) is 14.0. The van der Waals surface area contributed by atoms with Crippen LogP contribution in [0.4, 0.5) is 0 Å². The van der Waals surface area contributed by atoms with E-state index in [1.54, 1.807) is 0 Å². The maximum atomic E-state index is 13.0. The molecular formula is C19H21N3O2. The number of imidazole rings is 1. The minimum Gasteiger partial charge on any atom is -0.451 e. The third-order valence-electron chi connectivity index (χ3n) is 4.98. The lowest BCUT2D eigenvalue weighted by molar-refractivity contribution is 0.0647. The summed E-state index contributed by atoms with van der Waals surface area (Å²) in [4.78, 5) is 19.2. The molecule has 0 N–H and O–H groups in total. The normalized spacial score (nSPS) is 18.2. The molecule has 2 aromatic heterocycles. The third kappa shape index (κ3) is 2.40. The lowest BCUT2D eigenvalue weighted by atomic mass is 10.0. The number of carbonyl (C=O) groups is 1. The monoisotopic (exact) mass is 323 g/mol. The number of para-hydroxylation sites is 1. The molecule has 0 radical (unpaired) electrons. The van der Waals surface area contributed by atoms with Crippen molar-refractivity contribution in [2.24, 2.45) is 0 Å². The Hall–Kier alpha value is -2.56. The van der Waals surface area contributed by atoms with Crippen LogP contribution in [0.3, 0.4) is 0 Å². The Morgan fingerprint density at radius 2 is 2.12 bits per heavy atom. The SMILES string of the molecule is Cc1c(C(=O)N2CCC[C@@H](n3ccnc3C)C2)oc2ccccc12. The highest BCUT2D eigenvalue weighted by Gasteiger charge is 2.29. The predicted octanol–water partition coefficient (Wildman–Crippen LogP) is 3.72. The van der Waals surface area contributed by atoms with E-state index in [0.717, 1.165) is 41.7 Å². The van der Waals surface area contributed by atoms with Crippen LogP contribution in [0.1, 0.15) is 40.8 Å². The highest BCUT2D eigenvalue weighted by Crippen LogP contribution is 2.28. The molecule has 124 valence electrons. The van der Waals surface area contributed by atoms with Gasteiger partial charge in [-0.1, -0.05) is 18.2 Å². The molecule has 1 aliphatic rings. The molecule has 1 fully saturated rings. The standard InChI is InChI=1S/C19H21N3O2/c1-13-16-7-3-4-8-17(16)24-18(13)19(23)21-10-5-6-15(12-21)22-11-9-20-14(22)2/h3-4,7-9,11,15H,5-6,10,12H2,1-2H3/t15-/m1/s1. The van der Waals surface area contributed by atoms with Gasteiger partial charge in [0.1, 0.15) is 11.4 Å². The molecule has 5 nitrogen and oxygen atoms in total. The summed E-state index contributed by atoms with van der Waals surface area (Å²) < 4.78 is 8.02. The number of rotatable bonds is 2. The van der Waals surface area contributed by atoms with Gasteiger partial charge in [-0.05, 0) is 32.8 Å². The Balaban J connectivity index is 1.61. The average molecular weight is 323 g/mol. The number of carbonyl (C=O) groups excluding carboxylic acids is 1. The summed E-state index contributed by atoms with van der Waals surface area (Å²) in [6, 6.07) is 8.09. The molecule has 3 heterocycles. The van der Waals surface area contributed by atoms with Gasteiger partial charge in [0.05, 0.1) is 6.04 Å². The first-order valence-electron chi connectivity index (χ1n) is 8.42. The van der Waals surface area contributed by atoms with E-state index in [9.17, 15) is 4.79 Å². The van der Waals surface area contributed by atoms with Gasteiger partial charge in [0.25, 0.3) is 5.91 Å². The van der Waals surface area contributed by atoms with Crippen molar-refractivity contribution in [3.63, 3.8) is 0 Å². The molecule has 1 saturated heterocycles. The van der Waals surface area contributed by atoms with Crippen LogP contribution >= 0.6 is 0 Å². The van der Waals surface area contributed by atoms with Crippen molar-refractivity contribution in [2.75, 3.05) is 13.1 Å². The van der Waals surface area contributed by atoms with Gasteiger partial charge < -0.3 is 13.9 Å². The number of amides is 1. The first kappa shape index (κ1) is 15.0. The van der Waals surface area contributed by atoms with Crippen molar-refractivity contribution < 1.29 is 9.21 Å². The number of benzene rings is 1. The Kier molecular flexibility index (Phi) is 3.63. The molecule has 1 atom stereocenters. The van der Waals surface area contributed by atoms with Gasteiger partial charge in [0, 0.05) is 36.4 Å². The molecule has 5 heteroatoms. The number of furan rings is 1. The van der Waals surface area contributed by atoms with Gasteiger partial charge in [0.15, 0.2) is 5.76 Å². The van der Waals surface area contributed by atoms with Gasteiger partial charge in [-0.2, -0.15) is 0 Å². The van der Waals surface area contributed by atoms with Crippen molar-refractivity contribution in [2.45, 2.75) is 32.7 Å². The van der Waals surface area contributed by atoms with E-state index < -0.39 is 0 Å². The van der Waals surface area contributed by atoms with Gasteiger partial charge in [-0.25, -0.2) is 4.98 Å². The van der Waals surface area contributed by atoms with Crippen LogP contribution < -0.4 is 0 Å². The number of fused-ring (bicyclic) bond motifs is 1. The second-order valence-corrected chi connectivity index (χ2v) is 6.48. The van der Waals surface area contributed by atoms with Crippen molar-refractivity contribution in [1.82, 2.24) is 14.5 Å². The van der Waals surface area contributed by atoms with Crippen LogP contribution in [0.2, 0.25) is 0 Å². The zero-order valence-corrected chi connectivity index (χ0v) is 14.0. The molecule has 3 aromatic rings. The number of hydrogen-bond acceptors (Lipinski definition) is 3. The van der Waals surface area contributed by atoms with Crippen LogP contribution in [0.15, 0.2) is 41.1 Å². The quantitative estimate of drug-likeness (QED) is 0.722. The van der Waals surface area contributed by atoms with Crippen molar-refractivity contribution in [3.8, 4) is 0 Å². The van der Waals surface area contributed by atoms with E-state index in [4.69, 9.17) is 4.42 Å². The van der Waals surface area contributed by atoms with Crippen LogP contribution in [-0.4, -0.2) is 33.4 Å². The summed E-state index contributed by atoms with van der Waals surface area (Å²) in [5.41, 5.74) is 1.70. The van der Waals surface area contributed by atoms with Crippen molar-refractivity contribution in [3.05, 3.63) is 53.8 Å². The molecule has 1 amide bonds. The molecule has 24 heavy (non-hydrogen) atoms. The fraction of sp³-hybridized carbons (Fsp3) is 0.368. The number of nitrogens with zero attached hydrogens (tertiary/aromatic N) is 3. The Labute approximate surface area is 140 Å². The van der Waals surface area contributed by atoms with Crippen LogP contribution in [0, 0.1) is 13.8 Å². The maximum Gasteiger partial charge on any atom is 0.289 e. The second kappa shape index (κ2) is 5.82. The zero-order chi connectivity index (χ0) is 16.7. The van der Waals surface area contributed by atoms with Crippen molar-refractivity contribution in [1.29, 1.82) is 0 Å². The van der Waals surface area contributed by atoms with Crippen molar-refractivity contribution >= 4 is 16.9 Å². The van der Waals surface area contributed by atoms with Crippen LogP contribution in [-0.2, 0) is 0 Å². The highest BCUT2D eigenvalue weighted by atomic mass is 16.3. The van der Waals surface area contributed by atoms with Gasteiger partial charge in [-0.15, -0.1) is 0 Å². The Bertz CT molecular complexity index is 893. The molecule has 1 aromatic carbocycles. The summed E-state index contributed by atoms with van der Waals surface area (Å²) in [5.74, 6) is 1.46. The number of likely N-dealkylation sites (tertiary alicyclic amines) is 1. The molecule has 0 bridgehead atoms. The summed E-state index contributed by atoms with van der Waals surface area (Å²) in [7, 11) is 0. The van der Waals surface area contributed by atoms with E-state index in [-0.39, 0.29) is 11.9 Å². The minimum atomic E-state index is -0.00818. The summed E-state index contributed by atoms with van der Waals surface area (Å²) in [5, 5.41) is 1.01. The van der Waals surface area contributed by atoms with Crippen LogP contribution in [0.25, 0.3) is 11.0 Å². The second-order valence-electron chi connectivity index (χ2n) is 6.48. The van der Waals surface area contributed by atoms with E-state index in [0.29, 0.717) is 12.3 Å². The van der Waals surface area contributed by atoms with Gasteiger partial charge in [0.2, 0.25) is 0 Å². The fourth-order valence-electron chi connectivity index (χ4n) is 3.66. The smallest absolute Gasteiger partial charge is 0.289 e. The fourth-order valence-corrected chi connectivity index (χ4v) is 3.66. The molecule has 0 unspecified atom stereocenters. The molecule has 0 aliphatic carbocycles. The lowest BCUT2D eigenvalue weighted by Gasteiger charge is -2.33. The van der Waals surface area contributed by atoms with Crippen LogP contribution in [0.5, 0.6) is 0 Å². The third-order valence-corrected chi connectivity index (χ3v) is 4.98. The van der Waals surface area contributed by atoms with E-state index in [1.807, 2.05) is 55.4 Å². The lowest BCUT2D eigenvalue weighted by Crippen LogP contribution is -2.40. The summed E-state index contributed by atoms with van der Waals surface area (Å²) in [6.07, 6.45) is 5.88. The minimum absolute atomic E-state index is 0.00818. The Morgan fingerprint density at radius 3 is 2.88 bits per heavy atom. The molecule has 0 saturated carbocycles. The summed E-state index contributed by atoms with van der Waals surface area (Å²) >= 11 is 0. The molecule has 4 rings (SSSR count). The van der Waals surface area contributed by atoms with Gasteiger partial charge in [-0.3, -0.25) is 4.79 Å². The topological polar surface area (TPSA) is 51.3 Å². The largest absolute Gasteiger partial charge is 0.451 e. The first-order valence-corrected chi connectivity index (χ1v) is 8.42. The molecule has 0 spiro atoms. The van der Waals surface area contributed by atoms with E-state index >= 15 is 0 Å². The predicted molar refractivity (Wildman–Crippen MR) is 92.1 cm³/mol. The number of piperidine rings is 1. The first-order chi connectivity index (χ1) is 11.6. The van der Waals surface area contributed by atoms with Gasteiger partial charge >= 0.3 is 0 Å². The number of hydrogen-bond donors (Lipinski definition) is 0. The molecule has 1 aliphatic heterocycles. The summed E-state index contributed by atoms with van der Waals surface area (Å²) in [6.45, 7) is 5.44. The Morgan fingerprint density at radius 1 is 1.29 bits per heavy atom. The van der Waals surface area contributed by atoms with E-state index in [1.165, 1.54) is 0 Å².